The molecule has 0 atom stereocenters. The zero-order valence-electron chi connectivity index (χ0n) is 24.1. The maximum Gasteiger partial charge on any atom is 0.407 e. The molecule has 0 aliphatic carbocycles. The zero-order valence-corrected chi connectivity index (χ0v) is 24.1. The third-order valence-electron chi connectivity index (χ3n) is 9.10. The van der Waals surface area contributed by atoms with Crippen LogP contribution in [0.15, 0.2) is 85.1 Å². The van der Waals surface area contributed by atoms with Crippen molar-refractivity contribution in [3.63, 3.8) is 0 Å². The van der Waals surface area contributed by atoms with Gasteiger partial charge in [-0.25, -0.2) is 19.7 Å². The molecule has 5 heterocycles. The van der Waals surface area contributed by atoms with E-state index in [9.17, 15) is 9.90 Å². The first kappa shape index (κ1) is 27.1. The van der Waals surface area contributed by atoms with E-state index >= 15 is 0 Å². The Labute approximate surface area is 250 Å². The minimum Gasteiger partial charge on any atom is -0.465 e. The van der Waals surface area contributed by atoms with Gasteiger partial charge in [-0.2, -0.15) is 0 Å². The van der Waals surface area contributed by atoms with Crippen LogP contribution in [0.4, 0.5) is 10.6 Å². The van der Waals surface area contributed by atoms with Crippen molar-refractivity contribution in [1.29, 1.82) is 0 Å². The Bertz CT molecular complexity index is 1760. The van der Waals surface area contributed by atoms with Crippen LogP contribution in [-0.2, 0) is 6.54 Å². The van der Waals surface area contributed by atoms with Crippen LogP contribution >= 0.6 is 0 Å². The Balaban J connectivity index is 1.16. The number of nitrogen functional groups attached to an aromatic ring is 1. The average Bonchev–Trinajstić information content (AvgIpc) is 3.42. The average molecular weight is 574 g/mol. The Hall–Kier alpha value is -4.76. The van der Waals surface area contributed by atoms with Crippen LogP contribution in [0.5, 0.6) is 0 Å². The smallest absolute Gasteiger partial charge is 0.407 e. The van der Waals surface area contributed by atoms with Crippen molar-refractivity contribution in [2.45, 2.75) is 32.2 Å². The van der Waals surface area contributed by atoms with Gasteiger partial charge in [-0.15, -0.1) is 0 Å². The fourth-order valence-electron chi connectivity index (χ4n) is 6.73. The fraction of sp³-hybridized carbons (Fsp3) is 0.294. The molecule has 2 aliphatic rings. The van der Waals surface area contributed by atoms with Crippen molar-refractivity contribution in [2.75, 3.05) is 31.9 Å². The number of nitrogens with two attached hydrogens (primary N) is 1. The molecule has 2 fully saturated rings. The lowest BCUT2D eigenvalue weighted by atomic mass is 9.72. The second kappa shape index (κ2) is 11.1. The van der Waals surface area contributed by atoms with Gasteiger partial charge in [0, 0.05) is 37.1 Å². The molecule has 3 aromatic heterocycles. The third-order valence-corrected chi connectivity index (χ3v) is 9.10. The van der Waals surface area contributed by atoms with Gasteiger partial charge in [0.25, 0.3) is 0 Å². The lowest BCUT2D eigenvalue weighted by Crippen LogP contribution is -2.50. The van der Waals surface area contributed by atoms with Gasteiger partial charge in [-0.3, -0.25) is 9.47 Å². The van der Waals surface area contributed by atoms with E-state index in [4.69, 9.17) is 15.7 Å². The lowest BCUT2D eigenvalue weighted by molar-refractivity contribution is 0.0247. The summed E-state index contributed by atoms with van der Waals surface area (Å²) < 4.78 is 2.07. The third kappa shape index (κ3) is 5.32. The minimum atomic E-state index is -0.784. The molecule has 3 N–H and O–H groups in total. The molecule has 0 saturated carbocycles. The number of hydrogen-bond donors (Lipinski definition) is 2. The van der Waals surface area contributed by atoms with Crippen molar-refractivity contribution in [3.8, 4) is 28.3 Å². The van der Waals surface area contributed by atoms with E-state index < -0.39 is 6.09 Å². The number of anilines is 1. The monoisotopic (exact) mass is 573 g/mol. The molecule has 7 rings (SSSR count). The van der Waals surface area contributed by atoms with Gasteiger partial charge in [0.1, 0.15) is 11.3 Å². The summed E-state index contributed by atoms with van der Waals surface area (Å²) in [5, 5.41) is 9.51. The first-order valence-corrected chi connectivity index (χ1v) is 14.9. The number of benzene rings is 2. The number of rotatable bonds is 5. The van der Waals surface area contributed by atoms with Gasteiger partial charge < -0.3 is 15.7 Å². The summed E-state index contributed by atoms with van der Waals surface area (Å²) in [7, 11) is 0. The normalized spacial score (nSPS) is 17.0. The molecule has 2 saturated heterocycles. The molecule has 2 aliphatic heterocycles. The molecular weight excluding hydrogens is 538 g/mol. The number of carbonyl (C=O) groups is 1. The van der Waals surface area contributed by atoms with Crippen LogP contribution in [0.1, 0.15) is 31.2 Å². The second-order valence-corrected chi connectivity index (χ2v) is 11.9. The number of fused-ring (bicyclic) bond motifs is 1. The molecule has 0 bridgehead atoms. The van der Waals surface area contributed by atoms with E-state index in [0.29, 0.717) is 24.7 Å². The molecule has 5 aromatic rings. The number of aromatic nitrogens is 4. The molecular formula is C34H35N7O2. The summed E-state index contributed by atoms with van der Waals surface area (Å²) >= 11 is 0. The molecule has 1 spiro atoms. The maximum atomic E-state index is 11.6. The second-order valence-electron chi connectivity index (χ2n) is 11.9. The quantitative estimate of drug-likeness (QED) is 0.262. The van der Waals surface area contributed by atoms with E-state index in [1.807, 2.05) is 42.5 Å². The summed E-state index contributed by atoms with van der Waals surface area (Å²) in [6.07, 6.45) is 5.08. The van der Waals surface area contributed by atoms with Gasteiger partial charge >= 0.3 is 6.09 Å². The molecule has 0 unspecified atom stereocenters. The lowest BCUT2D eigenvalue weighted by Gasteiger charge is -2.47. The Kier molecular flexibility index (Phi) is 7.02. The predicted molar refractivity (Wildman–Crippen MR) is 168 cm³/mol. The molecule has 43 heavy (non-hydrogen) atoms. The number of pyridine rings is 2. The van der Waals surface area contributed by atoms with Crippen LogP contribution in [0, 0.1) is 5.41 Å². The van der Waals surface area contributed by atoms with Gasteiger partial charge in [0.15, 0.2) is 11.5 Å². The molecule has 9 heteroatoms. The highest BCUT2D eigenvalue weighted by atomic mass is 16.4. The Morgan fingerprint density at radius 3 is 2.42 bits per heavy atom. The van der Waals surface area contributed by atoms with Crippen molar-refractivity contribution < 1.29 is 9.90 Å². The first-order valence-electron chi connectivity index (χ1n) is 14.9. The Morgan fingerprint density at radius 1 is 0.884 bits per heavy atom. The van der Waals surface area contributed by atoms with Crippen molar-refractivity contribution >= 4 is 23.1 Å². The van der Waals surface area contributed by atoms with Gasteiger partial charge in [0.05, 0.1) is 11.3 Å². The van der Waals surface area contributed by atoms with Crippen LogP contribution in [0.3, 0.4) is 0 Å². The number of imidazole rings is 1. The van der Waals surface area contributed by atoms with Crippen LogP contribution < -0.4 is 5.73 Å². The standard InChI is InChI=1S/C34H35N7O2/c35-30-27(8-4-18-36-30)31-38-29-14-13-28(25-6-2-1-3-7-25)37-32(29)41(31)26-11-9-24(10-12-26)22-39-20-16-34(17-21-39)15-5-19-40(23-34)33(42)43/h1-4,6-14,18H,5,15-17,19-23H2,(H2,35,36)(H,42,43). The Morgan fingerprint density at radius 2 is 1.67 bits per heavy atom. The van der Waals surface area contributed by atoms with Crippen LogP contribution in [0.25, 0.3) is 39.5 Å². The topological polar surface area (TPSA) is 113 Å². The van der Waals surface area contributed by atoms with Crippen molar-refractivity contribution in [2.24, 2.45) is 5.41 Å². The summed E-state index contributed by atoms with van der Waals surface area (Å²) in [4.78, 5) is 30.0. The summed E-state index contributed by atoms with van der Waals surface area (Å²) in [6.45, 7) is 4.17. The van der Waals surface area contributed by atoms with E-state index in [2.05, 4.69) is 50.8 Å². The zero-order chi connectivity index (χ0) is 29.4. The van der Waals surface area contributed by atoms with Crippen LogP contribution in [0.2, 0.25) is 0 Å². The highest BCUT2D eigenvalue weighted by molar-refractivity contribution is 5.84. The number of carboxylic acid groups (broad SMARTS) is 1. The molecule has 1 amide bonds. The summed E-state index contributed by atoms with van der Waals surface area (Å²) in [5.74, 6) is 1.13. The molecule has 0 radical (unpaired) electrons. The fourth-order valence-corrected chi connectivity index (χ4v) is 6.73. The van der Waals surface area contributed by atoms with Crippen LogP contribution in [-0.4, -0.2) is 66.7 Å². The number of amides is 1. The predicted octanol–water partition coefficient (Wildman–Crippen LogP) is 6.09. The van der Waals surface area contributed by atoms with Crippen molar-refractivity contribution in [3.05, 3.63) is 90.6 Å². The number of hydrogen-bond acceptors (Lipinski definition) is 6. The van der Waals surface area contributed by atoms with Crippen molar-refractivity contribution in [1.82, 2.24) is 29.3 Å². The first-order chi connectivity index (χ1) is 21.0. The van der Waals surface area contributed by atoms with E-state index in [0.717, 1.165) is 79.0 Å². The summed E-state index contributed by atoms with van der Waals surface area (Å²) in [6, 6.07) is 26.6. The summed E-state index contributed by atoms with van der Waals surface area (Å²) in [5.41, 5.74) is 12.9. The highest BCUT2D eigenvalue weighted by Gasteiger charge is 2.39. The van der Waals surface area contributed by atoms with Gasteiger partial charge in [0.2, 0.25) is 0 Å². The largest absolute Gasteiger partial charge is 0.465 e. The molecule has 2 aromatic carbocycles. The maximum absolute atomic E-state index is 11.6. The SMILES string of the molecule is Nc1ncccc1-c1nc2ccc(-c3ccccc3)nc2n1-c1ccc(CN2CCC3(CCCN(C(=O)O)C3)CC2)cc1. The highest BCUT2D eigenvalue weighted by Crippen LogP contribution is 2.40. The van der Waals surface area contributed by atoms with E-state index in [1.165, 1.54) is 5.56 Å². The van der Waals surface area contributed by atoms with Gasteiger partial charge in [-0.1, -0.05) is 42.5 Å². The number of likely N-dealkylation sites (tertiary alicyclic amines) is 2. The van der Waals surface area contributed by atoms with Gasteiger partial charge in [-0.05, 0) is 86.1 Å². The molecule has 218 valence electrons. The van der Waals surface area contributed by atoms with E-state index in [-0.39, 0.29) is 5.41 Å². The molecule has 9 nitrogen and oxygen atoms in total. The number of piperidine rings is 2. The minimum absolute atomic E-state index is 0.135. The number of nitrogens with zero attached hydrogens (tertiary/aromatic N) is 6. The van der Waals surface area contributed by atoms with E-state index in [1.54, 1.807) is 11.1 Å².